The van der Waals surface area contributed by atoms with Crippen molar-refractivity contribution in [2.24, 2.45) is 7.05 Å². The maximum atomic E-state index is 4.16. The predicted molar refractivity (Wildman–Crippen MR) is 71.2 cm³/mol. The molecule has 0 saturated heterocycles. The van der Waals surface area contributed by atoms with Crippen LogP contribution in [0.4, 0.5) is 5.69 Å². The van der Waals surface area contributed by atoms with E-state index >= 15 is 0 Å². The maximum absolute atomic E-state index is 4.16. The molecule has 0 aliphatic carbocycles. The minimum atomic E-state index is 0.807. The van der Waals surface area contributed by atoms with Gasteiger partial charge in [0.25, 0.3) is 0 Å². The topological polar surface area (TPSA) is 29.9 Å². The molecule has 3 heteroatoms. The number of aryl methyl sites for hydroxylation is 4. The highest BCUT2D eigenvalue weighted by atomic mass is 15.3. The van der Waals surface area contributed by atoms with E-state index in [9.17, 15) is 0 Å². The zero-order valence-corrected chi connectivity index (χ0v) is 10.9. The van der Waals surface area contributed by atoms with Crippen LogP contribution in [0.3, 0.4) is 0 Å². The summed E-state index contributed by atoms with van der Waals surface area (Å²) in [6.45, 7) is 7.23. The van der Waals surface area contributed by atoms with Crippen LogP contribution in [0, 0.1) is 20.8 Å². The molecule has 1 aromatic carbocycles. The van der Waals surface area contributed by atoms with Crippen LogP contribution in [0.1, 0.15) is 22.4 Å². The van der Waals surface area contributed by atoms with Crippen LogP contribution in [0.2, 0.25) is 0 Å². The van der Waals surface area contributed by atoms with Crippen molar-refractivity contribution < 1.29 is 0 Å². The predicted octanol–water partition coefficient (Wildman–Crippen LogP) is 2.96. The van der Waals surface area contributed by atoms with E-state index in [0.29, 0.717) is 0 Å². The molecule has 0 fully saturated rings. The number of rotatable bonds is 3. The van der Waals surface area contributed by atoms with E-state index in [2.05, 4.69) is 43.3 Å². The molecule has 2 aromatic rings. The van der Waals surface area contributed by atoms with Crippen LogP contribution in [0.5, 0.6) is 0 Å². The van der Waals surface area contributed by atoms with Gasteiger partial charge < -0.3 is 5.32 Å². The van der Waals surface area contributed by atoms with E-state index in [0.717, 1.165) is 6.54 Å². The minimum absolute atomic E-state index is 0.807. The van der Waals surface area contributed by atoms with Crippen LogP contribution in [0.15, 0.2) is 24.4 Å². The molecular formula is C14H19N3. The minimum Gasteiger partial charge on any atom is -0.379 e. The van der Waals surface area contributed by atoms with Crippen LogP contribution >= 0.6 is 0 Å². The molecule has 0 aliphatic heterocycles. The smallest absolute Gasteiger partial charge is 0.0571 e. The monoisotopic (exact) mass is 229 g/mol. The summed E-state index contributed by atoms with van der Waals surface area (Å²) in [5.74, 6) is 0. The van der Waals surface area contributed by atoms with E-state index in [1.165, 1.54) is 28.1 Å². The van der Waals surface area contributed by atoms with Gasteiger partial charge in [0.05, 0.1) is 12.2 Å². The Hall–Kier alpha value is -1.77. The first kappa shape index (κ1) is 11.7. The average Bonchev–Trinajstić information content (AvgIpc) is 2.62. The number of aromatic nitrogens is 2. The third kappa shape index (κ3) is 2.49. The number of hydrogen-bond acceptors (Lipinski definition) is 2. The summed E-state index contributed by atoms with van der Waals surface area (Å²) >= 11 is 0. The third-order valence-corrected chi connectivity index (χ3v) is 3.05. The van der Waals surface area contributed by atoms with E-state index in [-0.39, 0.29) is 0 Å². The molecule has 0 spiro atoms. The Morgan fingerprint density at radius 1 is 1.18 bits per heavy atom. The van der Waals surface area contributed by atoms with Gasteiger partial charge in [-0.05, 0) is 38.0 Å². The molecule has 90 valence electrons. The van der Waals surface area contributed by atoms with Crippen molar-refractivity contribution in [3.63, 3.8) is 0 Å². The Balaban J connectivity index is 2.17. The van der Waals surface area contributed by atoms with E-state index in [1.807, 2.05) is 24.0 Å². The second kappa shape index (κ2) is 4.62. The van der Waals surface area contributed by atoms with Crippen LogP contribution in [0.25, 0.3) is 0 Å². The van der Waals surface area contributed by atoms with Gasteiger partial charge in [0.15, 0.2) is 0 Å². The first-order valence-electron chi connectivity index (χ1n) is 5.86. The van der Waals surface area contributed by atoms with Gasteiger partial charge in [-0.1, -0.05) is 17.7 Å². The summed E-state index contributed by atoms with van der Waals surface area (Å²) in [4.78, 5) is 0. The van der Waals surface area contributed by atoms with Gasteiger partial charge in [0.2, 0.25) is 0 Å². The highest BCUT2D eigenvalue weighted by Gasteiger charge is 2.04. The highest BCUT2D eigenvalue weighted by molar-refractivity contribution is 5.58. The molecular weight excluding hydrogens is 210 g/mol. The van der Waals surface area contributed by atoms with E-state index in [1.54, 1.807) is 0 Å². The standard InChI is InChI=1S/C14H19N3/c1-10-7-11(2)14(12(3)8-10)15-9-13-5-6-16-17(13)4/h5-8,15H,9H2,1-4H3. The molecule has 0 amide bonds. The molecule has 0 unspecified atom stereocenters. The van der Waals surface area contributed by atoms with Gasteiger partial charge in [-0.2, -0.15) is 5.10 Å². The molecule has 0 saturated carbocycles. The molecule has 1 N–H and O–H groups in total. The Morgan fingerprint density at radius 3 is 2.35 bits per heavy atom. The first-order valence-corrected chi connectivity index (χ1v) is 5.86. The molecule has 0 atom stereocenters. The number of anilines is 1. The highest BCUT2D eigenvalue weighted by Crippen LogP contribution is 2.22. The maximum Gasteiger partial charge on any atom is 0.0571 e. The SMILES string of the molecule is Cc1cc(C)c(NCc2ccnn2C)c(C)c1. The van der Waals surface area contributed by atoms with Gasteiger partial charge in [0.1, 0.15) is 0 Å². The fourth-order valence-corrected chi connectivity index (χ4v) is 2.21. The van der Waals surface area contributed by atoms with Gasteiger partial charge in [0, 0.05) is 18.9 Å². The van der Waals surface area contributed by atoms with Crippen molar-refractivity contribution in [2.45, 2.75) is 27.3 Å². The lowest BCUT2D eigenvalue weighted by atomic mass is 10.1. The van der Waals surface area contributed by atoms with Crippen molar-refractivity contribution in [3.05, 3.63) is 46.8 Å². The van der Waals surface area contributed by atoms with Gasteiger partial charge in [-0.15, -0.1) is 0 Å². The normalized spacial score (nSPS) is 10.6. The zero-order chi connectivity index (χ0) is 12.4. The van der Waals surface area contributed by atoms with Gasteiger partial charge in [-0.25, -0.2) is 0 Å². The fourth-order valence-electron chi connectivity index (χ4n) is 2.21. The summed E-state index contributed by atoms with van der Waals surface area (Å²) < 4.78 is 1.89. The molecule has 1 heterocycles. The lowest BCUT2D eigenvalue weighted by Crippen LogP contribution is -2.07. The van der Waals surface area contributed by atoms with Gasteiger partial charge >= 0.3 is 0 Å². The number of nitrogens with zero attached hydrogens (tertiary/aromatic N) is 2. The molecule has 1 aromatic heterocycles. The third-order valence-electron chi connectivity index (χ3n) is 3.05. The first-order chi connectivity index (χ1) is 8.08. The molecule has 3 nitrogen and oxygen atoms in total. The van der Waals surface area contributed by atoms with Crippen molar-refractivity contribution in [2.75, 3.05) is 5.32 Å². The largest absolute Gasteiger partial charge is 0.379 e. The Morgan fingerprint density at radius 2 is 1.82 bits per heavy atom. The quantitative estimate of drug-likeness (QED) is 0.877. The second-order valence-corrected chi connectivity index (χ2v) is 4.57. The van der Waals surface area contributed by atoms with Crippen LogP contribution in [-0.2, 0) is 13.6 Å². The molecule has 0 aliphatic rings. The van der Waals surface area contributed by atoms with Crippen LogP contribution in [-0.4, -0.2) is 9.78 Å². The Bertz CT molecular complexity index is 503. The van der Waals surface area contributed by atoms with E-state index in [4.69, 9.17) is 0 Å². The van der Waals surface area contributed by atoms with Crippen molar-refractivity contribution in [3.8, 4) is 0 Å². The summed E-state index contributed by atoms with van der Waals surface area (Å²) in [6.07, 6.45) is 1.83. The van der Waals surface area contributed by atoms with Crippen LogP contribution < -0.4 is 5.32 Å². The molecule has 0 radical (unpaired) electrons. The Kier molecular flexibility index (Phi) is 3.18. The summed E-state index contributed by atoms with van der Waals surface area (Å²) in [5, 5.41) is 7.66. The number of nitrogens with one attached hydrogen (secondary N) is 1. The number of benzene rings is 1. The molecule has 2 rings (SSSR count). The summed E-state index contributed by atoms with van der Waals surface area (Å²) in [6, 6.07) is 6.45. The van der Waals surface area contributed by atoms with Crippen molar-refractivity contribution in [1.29, 1.82) is 0 Å². The fraction of sp³-hybridized carbons (Fsp3) is 0.357. The lowest BCUT2D eigenvalue weighted by Gasteiger charge is -2.13. The van der Waals surface area contributed by atoms with Gasteiger partial charge in [-0.3, -0.25) is 4.68 Å². The summed E-state index contributed by atoms with van der Waals surface area (Å²) in [7, 11) is 1.96. The molecule has 17 heavy (non-hydrogen) atoms. The molecule has 0 bridgehead atoms. The second-order valence-electron chi connectivity index (χ2n) is 4.57. The van der Waals surface area contributed by atoms with E-state index < -0.39 is 0 Å². The number of hydrogen-bond donors (Lipinski definition) is 1. The van der Waals surface area contributed by atoms with Crippen molar-refractivity contribution in [1.82, 2.24) is 9.78 Å². The Labute approximate surface area is 102 Å². The zero-order valence-electron chi connectivity index (χ0n) is 10.9. The average molecular weight is 229 g/mol. The lowest BCUT2D eigenvalue weighted by molar-refractivity contribution is 0.720. The van der Waals surface area contributed by atoms with Crippen molar-refractivity contribution >= 4 is 5.69 Å². The summed E-state index contributed by atoms with van der Waals surface area (Å²) in [5.41, 5.74) is 6.32.